The number of hydrogen-bond acceptors (Lipinski definition) is 3. The van der Waals surface area contributed by atoms with Crippen LogP contribution in [-0.2, 0) is 4.79 Å². The molecule has 1 aromatic rings. The lowest BCUT2D eigenvalue weighted by molar-refractivity contribution is -0.123. The van der Waals surface area contributed by atoms with Gasteiger partial charge in [-0.3, -0.25) is 4.79 Å². The van der Waals surface area contributed by atoms with Gasteiger partial charge in [0.15, 0.2) is 6.61 Å². The zero-order chi connectivity index (χ0) is 13.5. The van der Waals surface area contributed by atoms with Gasteiger partial charge in [-0.05, 0) is 44.0 Å². The molecule has 1 aliphatic rings. The van der Waals surface area contributed by atoms with Crippen molar-refractivity contribution in [1.29, 1.82) is 0 Å². The van der Waals surface area contributed by atoms with Crippen molar-refractivity contribution in [1.82, 2.24) is 10.6 Å². The van der Waals surface area contributed by atoms with Crippen LogP contribution in [0, 0.1) is 5.92 Å². The summed E-state index contributed by atoms with van der Waals surface area (Å²) in [5.41, 5.74) is 0. The van der Waals surface area contributed by atoms with E-state index in [1.807, 2.05) is 12.1 Å². The van der Waals surface area contributed by atoms with Crippen molar-refractivity contribution in [3.8, 4) is 5.75 Å². The fourth-order valence-electron chi connectivity index (χ4n) is 2.13. The lowest BCUT2D eigenvalue weighted by atomic mass is 10.1. The summed E-state index contributed by atoms with van der Waals surface area (Å²) in [5.74, 6) is 1.12. The van der Waals surface area contributed by atoms with Crippen molar-refractivity contribution in [2.45, 2.75) is 12.8 Å². The Morgan fingerprint density at radius 1 is 1.45 bits per heavy atom. The number of para-hydroxylation sites is 1. The summed E-state index contributed by atoms with van der Waals surface area (Å²) >= 11 is 5.93. The number of carbonyl (C=O) groups excluding carboxylic acids is 1. The van der Waals surface area contributed by atoms with Crippen LogP contribution in [0.4, 0.5) is 0 Å². The molecule has 0 aromatic heterocycles. The Hall–Kier alpha value is -0.970. The van der Waals surface area contributed by atoms with E-state index in [0.29, 0.717) is 23.2 Å². The molecule has 1 fully saturated rings. The normalized spacial score (nSPS) is 17.4. The molecule has 6 heteroatoms. The predicted octanol–water partition coefficient (Wildman–Crippen LogP) is 2.26. The van der Waals surface area contributed by atoms with Gasteiger partial charge >= 0.3 is 0 Å². The number of rotatable bonds is 6. The van der Waals surface area contributed by atoms with Crippen molar-refractivity contribution in [3.05, 3.63) is 29.3 Å². The maximum atomic E-state index is 11.6. The smallest absolute Gasteiger partial charge is 0.257 e. The Morgan fingerprint density at radius 2 is 2.25 bits per heavy atom. The molecule has 2 N–H and O–H groups in total. The van der Waals surface area contributed by atoms with Crippen molar-refractivity contribution in [2.24, 2.45) is 5.92 Å². The Balaban J connectivity index is 0.00000200. The number of hydrogen-bond donors (Lipinski definition) is 2. The molecule has 2 rings (SSSR count). The first-order chi connectivity index (χ1) is 9.25. The second kappa shape index (κ2) is 9.06. The molecule has 20 heavy (non-hydrogen) atoms. The maximum Gasteiger partial charge on any atom is 0.257 e. The van der Waals surface area contributed by atoms with E-state index in [1.165, 1.54) is 6.42 Å². The summed E-state index contributed by atoms with van der Waals surface area (Å²) in [7, 11) is 0. The Morgan fingerprint density at radius 3 is 2.95 bits per heavy atom. The van der Waals surface area contributed by atoms with Crippen LogP contribution in [0.1, 0.15) is 12.8 Å². The zero-order valence-corrected chi connectivity index (χ0v) is 12.8. The molecule has 4 nitrogen and oxygen atoms in total. The summed E-state index contributed by atoms with van der Waals surface area (Å²) in [6.07, 6.45) is 2.22. The van der Waals surface area contributed by atoms with Crippen molar-refractivity contribution < 1.29 is 9.53 Å². The van der Waals surface area contributed by atoms with E-state index in [4.69, 9.17) is 16.3 Å². The van der Waals surface area contributed by atoms with E-state index in [0.717, 1.165) is 19.5 Å². The van der Waals surface area contributed by atoms with Crippen LogP contribution in [-0.4, -0.2) is 32.1 Å². The third-order valence-electron chi connectivity index (χ3n) is 3.23. The summed E-state index contributed by atoms with van der Waals surface area (Å²) in [6, 6.07) is 7.14. The topological polar surface area (TPSA) is 50.4 Å². The molecular formula is C14H20Cl2N2O2. The van der Waals surface area contributed by atoms with Gasteiger partial charge in [0.1, 0.15) is 5.75 Å². The first-order valence-corrected chi connectivity index (χ1v) is 6.98. The minimum Gasteiger partial charge on any atom is -0.482 e. The van der Waals surface area contributed by atoms with Gasteiger partial charge in [0.05, 0.1) is 5.02 Å². The minimum atomic E-state index is -0.106. The summed E-state index contributed by atoms with van der Waals surface area (Å²) in [4.78, 5) is 11.6. The monoisotopic (exact) mass is 318 g/mol. The van der Waals surface area contributed by atoms with Crippen LogP contribution in [0.5, 0.6) is 5.75 Å². The van der Waals surface area contributed by atoms with E-state index < -0.39 is 0 Å². The lowest BCUT2D eigenvalue weighted by Crippen LogP contribution is -2.30. The molecule has 0 saturated carbocycles. The SMILES string of the molecule is Cl.O=C(COc1ccccc1Cl)NCCC1CCNC1. The third-order valence-corrected chi connectivity index (χ3v) is 3.54. The first kappa shape index (κ1) is 17.1. The number of halogens is 2. The molecule has 0 bridgehead atoms. The molecule has 0 spiro atoms. The molecule has 0 radical (unpaired) electrons. The van der Waals surface area contributed by atoms with Crippen LogP contribution in [0.25, 0.3) is 0 Å². The van der Waals surface area contributed by atoms with Crippen LogP contribution >= 0.6 is 24.0 Å². The Kier molecular flexibility index (Phi) is 7.73. The standard InChI is InChI=1S/C14H19ClN2O2.ClH/c15-12-3-1-2-4-13(12)19-10-14(18)17-8-6-11-5-7-16-9-11;/h1-4,11,16H,5-10H2,(H,17,18);1H. The van der Waals surface area contributed by atoms with Gasteiger partial charge in [0, 0.05) is 6.54 Å². The summed E-state index contributed by atoms with van der Waals surface area (Å²) < 4.78 is 5.36. The number of amides is 1. The molecule has 1 atom stereocenters. The van der Waals surface area contributed by atoms with Gasteiger partial charge in [0.25, 0.3) is 5.91 Å². The molecule has 1 heterocycles. The lowest BCUT2D eigenvalue weighted by Gasteiger charge is -2.10. The van der Waals surface area contributed by atoms with Crippen LogP contribution in [0.3, 0.4) is 0 Å². The molecule has 112 valence electrons. The maximum absolute atomic E-state index is 11.6. The quantitative estimate of drug-likeness (QED) is 0.846. The summed E-state index contributed by atoms with van der Waals surface area (Å²) in [6.45, 7) is 2.87. The van der Waals surface area contributed by atoms with Gasteiger partial charge in [-0.1, -0.05) is 23.7 Å². The second-order valence-corrected chi connectivity index (χ2v) is 5.12. The fourth-order valence-corrected chi connectivity index (χ4v) is 2.32. The molecule has 1 aliphatic heterocycles. The Bertz CT molecular complexity index is 423. The molecule has 1 saturated heterocycles. The number of ether oxygens (including phenoxy) is 1. The van der Waals surface area contributed by atoms with E-state index in [-0.39, 0.29) is 24.9 Å². The molecule has 0 aliphatic carbocycles. The first-order valence-electron chi connectivity index (χ1n) is 6.60. The van der Waals surface area contributed by atoms with Gasteiger partial charge in [-0.25, -0.2) is 0 Å². The molecular weight excluding hydrogens is 299 g/mol. The highest BCUT2D eigenvalue weighted by Gasteiger charge is 2.14. The van der Waals surface area contributed by atoms with Crippen molar-refractivity contribution in [3.63, 3.8) is 0 Å². The number of carbonyl (C=O) groups is 1. The molecule has 1 aromatic carbocycles. The minimum absolute atomic E-state index is 0. The van der Waals surface area contributed by atoms with Crippen LogP contribution in [0.2, 0.25) is 5.02 Å². The van der Waals surface area contributed by atoms with E-state index >= 15 is 0 Å². The van der Waals surface area contributed by atoms with E-state index in [9.17, 15) is 4.79 Å². The molecule has 1 amide bonds. The van der Waals surface area contributed by atoms with Crippen molar-refractivity contribution in [2.75, 3.05) is 26.2 Å². The average Bonchev–Trinajstić information content (AvgIpc) is 2.91. The van der Waals surface area contributed by atoms with E-state index in [2.05, 4.69) is 10.6 Å². The fraction of sp³-hybridized carbons (Fsp3) is 0.500. The Labute approximate surface area is 130 Å². The summed E-state index contributed by atoms with van der Waals surface area (Å²) in [5, 5.41) is 6.70. The van der Waals surface area contributed by atoms with Crippen LogP contribution in [0.15, 0.2) is 24.3 Å². The second-order valence-electron chi connectivity index (χ2n) is 4.72. The predicted molar refractivity (Wildman–Crippen MR) is 82.8 cm³/mol. The van der Waals surface area contributed by atoms with Gasteiger partial charge in [-0.15, -0.1) is 12.4 Å². The van der Waals surface area contributed by atoms with Crippen LogP contribution < -0.4 is 15.4 Å². The highest BCUT2D eigenvalue weighted by molar-refractivity contribution is 6.32. The highest BCUT2D eigenvalue weighted by atomic mass is 35.5. The molecule has 1 unspecified atom stereocenters. The zero-order valence-electron chi connectivity index (χ0n) is 11.2. The van der Waals surface area contributed by atoms with Crippen molar-refractivity contribution >= 4 is 29.9 Å². The third kappa shape index (κ3) is 5.57. The number of benzene rings is 1. The van der Waals surface area contributed by atoms with E-state index in [1.54, 1.807) is 12.1 Å². The average molecular weight is 319 g/mol. The van der Waals surface area contributed by atoms with Gasteiger partial charge in [-0.2, -0.15) is 0 Å². The largest absolute Gasteiger partial charge is 0.482 e. The number of nitrogens with one attached hydrogen (secondary N) is 2. The van der Waals surface area contributed by atoms with Gasteiger partial charge < -0.3 is 15.4 Å². The highest BCUT2D eigenvalue weighted by Crippen LogP contribution is 2.22. The van der Waals surface area contributed by atoms with Gasteiger partial charge in [0.2, 0.25) is 0 Å².